The van der Waals surface area contributed by atoms with Crippen molar-refractivity contribution in [3.05, 3.63) is 0 Å². The van der Waals surface area contributed by atoms with Crippen LogP contribution in [0.2, 0.25) is 0 Å². The van der Waals surface area contributed by atoms with Crippen molar-refractivity contribution in [1.29, 1.82) is 0 Å². The molecule has 8 heteroatoms. The van der Waals surface area contributed by atoms with E-state index in [4.69, 9.17) is 0 Å². The molecule has 6 nitrogen and oxygen atoms in total. The molecule has 0 aliphatic rings. The third-order valence-electron chi connectivity index (χ3n) is 0. The summed E-state index contributed by atoms with van der Waals surface area (Å²) in [6, 6.07) is 0. The number of rotatable bonds is 0. The van der Waals surface area contributed by atoms with Crippen LogP contribution in [0.4, 0.5) is 0 Å². The van der Waals surface area contributed by atoms with Gasteiger partial charge in [-0.15, -0.1) is 0 Å². The van der Waals surface area contributed by atoms with Crippen LogP contribution in [-0.2, 0) is 0 Å². The quantitative estimate of drug-likeness (QED) is 0.383. The molecule has 8 heavy (non-hydrogen) atoms. The van der Waals surface area contributed by atoms with Gasteiger partial charge in [-0.25, -0.2) is 0 Å². The zero-order chi connectivity index (χ0) is 0. The molecule has 0 aromatic carbocycles. The molecule has 60 valence electrons. The van der Waals surface area contributed by atoms with Crippen LogP contribution in [0.15, 0.2) is 0 Å². The van der Waals surface area contributed by atoms with E-state index in [9.17, 15) is 0 Å². The van der Waals surface area contributed by atoms with E-state index in [0.717, 1.165) is 0 Å². The molecule has 0 aliphatic carbocycles. The van der Waals surface area contributed by atoms with Crippen LogP contribution in [0, 0.1) is 0 Å². The van der Waals surface area contributed by atoms with Gasteiger partial charge >= 0.3 is 48.9 Å². The Morgan fingerprint density at radius 2 is 0.375 bits per heavy atom. The van der Waals surface area contributed by atoms with Gasteiger partial charge < -0.3 is 32.9 Å². The predicted octanol–water partition coefficient (Wildman–Crippen LogP) is -5.75. The standard InChI is InChI=1S/Ba.6H2O.H2S.2H/h;7*1H2;;. The zero-order valence-corrected chi connectivity index (χ0v) is 4.50. The Bertz CT molecular complexity index is 8.49. The Balaban J connectivity index is 0. The van der Waals surface area contributed by atoms with Gasteiger partial charge in [-0.2, -0.15) is 13.5 Å². The average molecular weight is 282 g/mol. The fraction of sp³-hybridized carbons (Fsp3) is 0. The molecule has 0 saturated heterocycles. The second-order valence-corrected chi connectivity index (χ2v) is 0. The molecule has 0 rings (SSSR count). The van der Waals surface area contributed by atoms with Crippen molar-refractivity contribution in [3.8, 4) is 0 Å². The summed E-state index contributed by atoms with van der Waals surface area (Å²) in [6.07, 6.45) is 0. The predicted molar refractivity (Wildman–Crippen MR) is 40.6 cm³/mol. The molecule has 0 radical (unpaired) electrons. The third kappa shape index (κ3) is 121. The fourth-order valence-corrected chi connectivity index (χ4v) is 0. The van der Waals surface area contributed by atoms with E-state index < -0.39 is 0 Å². The van der Waals surface area contributed by atoms with Gasteiger partial charge in [0.2, 0.25) is 0 Å². The molecular formula is H16BaO6S. The summed E-state index contributed by atoms with van der Waals surface area (Å²) in [5.41, 5.74) is 0. The van der Waals surface area contributed by atoms with Crippen molar-refractivity contribution in [2.24, 2.45) is 0 Å². The molecule has 0 saturated carbocycles. The molecule has 0 aromatic heterocycles. The SMILES string of the molecule is O.O.O.O.O.O.S.[BaH2]. The van der Waals surface area contributed by atoms with Gasteiger partial charge in [0, 0.05) is 0 Å². The van der Waals surface area contributed by atoms with Crippen molar-refractivity contribution < 1.29 is 32.9 Å². The van der Waals surface area contributed by atoms with Gasteiger partial charge in [0.25, 0.3) is 0 Å². The molecule has 0 atom stereocenters. The van der Waals surface area contributed by atoms with E-state index in [2.05, 4.69) is 0 Å². The van der Waals surface area contributed by atoms with E-state index >= 15 is 0 Å². The molecule has 0 fully saturated rings. The van der Waals surface area contributed by atoms with Gasteiger partial charge in [0.05, 0.1) is 0 Å². The van der Waals surface area contributed by atoms with Crippen molar-refractivity contribution >= 4 is 62.4 Å². The van der Waals surface area contributed by atoms with Gasteiger partial charge in [-0.3, -0.25) is 0 Å². The minimum absolute atomic E-state index is 0. The van der Waals surface area contributed by atoms with E-state index in [-0.39, 0.29) is 95.2 Å². The summed E-state index contributed by atoms with van der Waals surface area (Å²) in [4.78, 5) is 0. The molecule has 0 aliphatic heterocycles. The van der Waals surface area contributed by atoms with E-state index in [1.807, 2.05) is 0 Å². The molecule has 0 heterocycles. The van der Waals surface area contributed by atoms with E-state index in [1.165, 1.54) is 0 Å². The topological polar surface area (TPSA) is 189 Å². The van der Waals surface area contributed by atoms with Crippen LogP contribution in [0.1, 0.15) is 0 Å². The molecule has 0 bridgehead atoms. The summed E-state index contributed by atoms with van der Waals surface area (Å²) >= 11 is 0. The maximum atomic E-state index is 0. The first-order chi connectivity index (χ1) is 0. The van der Waals surface area contributed by atoms with Crippen LogP contribution < -0.4 is 0 Å². The normalized spacial score (nSPS) is 0. The van der Waals surface area contributed by atoms with Gasteiger partial charge in [0.15, 0.2) is 0 Å². The van der Waals surface area contributed by atoms with Crippen molar-refractivity contribution in [3.63, 3.8) is 0 Å². The Hall–Kier alpha value is 1.68. The van der Waals surface area contributed by atoms with Gasteiger partial charge in [-0.05, 0) is 0 Å². The van der Waals surface area contributed by atoms with Crippen molar-refractivity contribution in [1.82, 2.24) is 0 Å². The molecule has 12 N–H and O–H groups in total. The summed E-state index contributed by atoms with van der Waals surface area (Å²) in [5.74, 6) is 0. The van der Waals surface area contributed by atoms with Crippen molar-refractivity contribution in [2.75, 3.05) is 0 Å². The Labute approximate surface area is 94.0 Å². The average Bonchev–Trinajstić information content (AvgIpc) is 0. The molecule has 0 spiro atoms. The van der Waals surface area contributed by atoms with Crippen LogP contribution >= 0.6 is 13.5 Å². The van der Waals surface area contributed by atoms with Crippen LogP contribution in [0.25, 0.3) is 0 Å². The maximum absolute atomic E-state index is 0. The van der Waals surface area contributed by atoms with E-state index in [0.29, 0.717) is 0 Å². The second-order valence-electron chi connectivity index (χ2n) is 0. The van der Waals surface area contributed by atoms with Gasteiger partial charge in [0.1, 0.15) is 0 Å². The first-order valence-corrected chi connectivity index (χ1v) is 0. The molecular weight excluding hydrogens is 265 g/mol. The first kappa shape index (κ1) is 258. The van der Waals surface area contributed by atoms with E-state index in [1.54, 1.807) is 0 Å². The summed E-state index contributed by atoms with van der Waals surface area (Å²) in [5, 5.41) is 0. The molecule has 0 aromatic rings. The monoisotopic (exact) mass is 282 g/mol. The summed E-state index contributed by atoms with van der Waals surface area (Å²) < 4.78 is 0. The van der Waals surface area contributed by atoms with Crippen LogP contribution in [0.5, 0.6) is 0 Å². The van der Waals surface area contributed by atoms with Gasteiger partial charge in [-0.1, -0.05) is 0 Å². The number of hydrogen-bond donors (Lipinski definition) is 0. The first-order valence-electron chi connectivity index (χ1n) is 0. The summed E-state index contributed by atoms with van der Waals surface area (Å²) in [6.45, 7) is 0. The van der Waals surface area contributed by atoms with Crippen molar-refractivity contribution in [2.45, 2.75) is 0 Å². The van der Waals surface area contributed by atoms with Crippen LogP contribution in [-0.4, -0.2) is 81.7 Å². The third-order valence-corrected chi connectivity index (χ3v) is 0. The summed E-state index contributed by atoms with van der Waals surface area (Å²) in [7, 11) is 0. The fourth-order valence-electron chi connectivity index (χ4n) is 0. The molecule has 0 unspecified atom stereocenters. The van der Waals surface area contributed by atoms with Crippen LogP contribution in [0.3, 0.4) is 0 Å². The Morgan fingerprint density at radius 3 is 0.375 bits per heavy atom. The minimum atomic E-state index is 0. The Morgan fingerprint density at radius 1 is 0.375 bits per heavy atom. The number of hydrogen-bond acceptors (Lipinski definition) is 0. The zero-order valence-electron chi connectivity index (χ0n) is 3.50. The molecule has 0 amide bonds. The Kier molecular flexibility index (Phi) is 5850. The second kappa shape index (κ2) is 181.